The number of methoxy groups -OCH3 is 1. The van der Waals surface area contributed by atoms with Crippen molar-refractivity contribution in [2.24, 2.45) is 5.41 Å². The lowest BCUT2D eigenvalue weighted by Gasteiger charge is -2.38. The maximum absolute atomic E-state index is 13.8. The van der Waals surface area contributed by atoms with Crippen LogP contribution in [0.3, 0.4) is 0 Å². The van der Waals surface area contributed by atoms with E-state index in [9.17, 15) is 14.7 Å². The molecule has 1 amide bonds. The van der Waals surface area contributed by atoms with Crippen molar-refractivity contribution in [1.82, 2.24) is 5.32 Å². The Hall–Kier alpha value is -4.26. The lowest BCUT2D eigenvalue weighted by molar-refractivity contribution is -0.120. The average Bonchev–Trinajstić information content (AvgIpc) is 3.03. The topological polar surface area (TPSA) is 90.9 Å². The number of benzene rings is 3. The number of phenolic OH excluding ortho intramolecular Hbond substituents is 1. The molecule has 1 aliphatic carbocycles. The van der Waals surface area contributed by atoms with Crippen LogP contribution in [-0.4, -0.2) is 37.0 Å². The Morgan fingerprint density at radius 2 is 1.85 bits per heavy atom. The van der Waals surface area contributed by atoms with E-state index in [1.54, 1.807) is 19.2 Å². The van der Waals surface area contributed by atoms with Gasteiger partial charge in [-0.2, -0.15) is 0 Å². The Balaban J connectivity index is 1.51. The molecule has 0 spiro atoms. The van der Waals surface area contributed by atoms with Crippen molar-refractivity contribution in [3.63, 3.8) is 0 Å². The number of fused-ring (bicyclic) bond motifs is 1. The van der Waals surface area contributed by atoms with Crippen LogP contribution >= 0.6 is 0 Å². The summed E-state index contributed by atoms with van der Waals surface area (Å²) in [7, 11) is 1.63. The summed E-state index contributed by atoms with van der Waals surface area (Å²) in [6.45, 7) is 4.77. The van der Waals surface area contributed by atoms with Gasteiger partial charge >= 0.3 is 0 Å². The minimum absolute atomic E-state index is 0.0730. The van der Waals surface area contributed by atoms with E-state index < -0.39 is 6.04 Å². The van der Waals surface area contributed by atoms with Gasteiger partial charge in [-0.25, -0.2) is 0 Å². The highest BCUT2D eigenvalue weighted by Crippen LogP contribution is 2.48. The van der Waals surface area contributed by atoms with Crippen molar-refractivity contribution in [2.45, 2.75) is 39.2 Å². The van der Waals surface area contributed by atoms with Crippen molar-refractivity contribution in [1.29, 1.82) is 0 Å². The quantitative estimate of drug-likeness (QED) is 0.384. The summed E-state index contributed by atoms with van der Waals surface area (Å²) >= 11 is 0. The summed E-state index contributed by atoms with van der Waals surface area (Å²) in [4.78, 5) is 29.2. The number of ketones is 1. The first-order valence-electron chi connectivity index (χ1n) is 13.3. The van der Waals surface area contributed by atoms with Gasteiger partial charge in [-0.3, -0.25) is 9.59 Å². The normalized spacial score (nSPS) is 18.0. The lowest BCUT2D eigenvalue weighted by atomic mass is 9.73. The van der Waals surface area contributed by atoms with Gasteiger partial charge in [-0.05, 0) is 65.8 Å². The molecule has 3 N–H and O–H groups in total. The molecule has 1 unspecified atom stereocenters. The third-order valence-corrected chi connectivity index (χ3v) is 7.40. The number of aromatic hydroxyl groups is 1. The summed E-state index contributed by atoms with van der Waals surface area (Å²) in [5.74, 6) is 0.868. The maximum Gasteiger partial charge on any atom is 0.239 e. The van der Waals surface area contributed by atoms with E-state index in [1.165, 1.54) is 0 Å². The Morgan fingerprint density at radius 1 is 1.08 bits per heavy atom. The lowest BCUT2D eigenvalue weighted by Crippen LogP contribution is -2.42. The maximum atomic E-state index is 13.8. The summed E-state index contributed by atoms with van der Waals surface area (Å²) in [5.41, 5.74) is 5.10. The summed E-state index contributed by atoms with van der Waals surface area (Å²) in [5, 5.41) is 16.1. The zero-order chi connectivity index (χ0) is 27.6. The Bertz CT molecular complexity index is 1410. The molecular formula is C32H35N3O4. The molecule has 1 atom stereocenters. The second-order valence-electron chi connectivity index (χ2n) is 11.0. The average molecular weight is 526 g/mol. The van der Waals surface area contributed by atoms with E-state index in [1.807, 2.05) is 65.6 Å². The number of carbonyl (C=O) groups excluding carboxylic acids is 2. The molecule has 39 heavy (non-hydrogen) atoms. The molecule has 5 rings (SSSR count). The molecule has 7 heteroatoms. The number of nitrogens with zero attached hydrogens (tertiary/aromatic N) is 1. The molecule has 0 saturated carbocycles. The number of hydrogen-bond acceptors (Lipinski definition) is 6. The second kappa shape index (κ2) is 10.8. The van der Waals surface area contributed by atoms with Crippen LogP contribution in [-0.2, 0) is 16.0 Å². The van der Waals surface area contributed by atoms with Crippen LogP contribution in [0.4, 0.5) is 11.4 Å². The molecule has 0 aromatic heterocycles. The molecule has 0 radical (unpaired) electrons. The number of para-hydroxylation sites is 2. The van der Waals surface area contributed by atoms with E-state index in [2.05, 4.69) is 24.5 Å². The van der Waals surface area contributed by atoms with Gasteiger partial charge in [0.25, 0.3) is 0 Å². The minimum Gasteiger partial charge on any atom is -0.508 e. The van der Waals surface area contributed by atoms with Gasteiger partial charge in [-0.15, -0.1) is 0 Å². The van der Waals surface area contributed by atoms with Gasteiger partial charge in [0.1, 0.15) is 11.5 Å². The van der Waals surface area contributed by atoms with E-state index in [4.69, 9.17) is 4.74 Å². The fourth-order valence-electron chi connectivity index (χ4n) is 5.60. The minimum atomic E-state index is -0.460. The van der Waals surface area contributed by atoms with Gasteiger partial charge in [-0.1, -0.05) is 50.2 Å². The SMILES string of the molecule is COc1cccc(C2C3=C(CC(C)(C)CC3=O)Nc3ccccc3N2CC(=O)NCCc2ccc(O)cc2)c1. The van der Waals surface area contributed by atoms with Gasteiger partial charge in [0.15, 0.2) is 5.78 Å². The number of allylic oxidation sites excluding steroid dienone is 1. The number of Topliss-reactive ketones (excluding diaryl/α,β-unsaturated/α-hetero) is 1. The molecule has 7 nitrogen and oxygen atoms in total. The van der Waals surface area contributed by atoms with Crippen LogP contribution in [0.2, 0.25) is 0 Å². The van der Waals surface area contributed by atoms with E-state index >= 15 is 0 Å². The third-order valence-electron chi connectivity index (χ3n) is 7.40. The molecular weight excluding hydrogens is 490 g/mol. The predicted molar refractivity (Wildman–Crippen MR) is 153 cm³/mol. The summed E-state index contributed by atoms with van der Waals surface area (Å²) in [6.07, 6.45) is 1.82. The van der Waals surface area contributed by atoms with Crippen molar-refractivity contribution in [3.05, 3.63) is 95.2 Å². The molecule has 1 aliphatic heterocycles. The largest absolute Gasteiger partial charge is 0.508 e. The van der Waals surface area contributed by atoms with E-state index in [-0.39, 0.29) is 29.4 Å². The van der Waals surface area contributed by atoms with Gasteiger partial charge in [0, 0.05) is 24.2 Å². The monoisotopic (exact) mass is 525 g/mol. The van der Waals surface area contributed by atoms with Crippen molar-refractivity contribution >= 4 is 23.1 Å². The number of rotatable bonds is 7. The third kappa shape index (κ3) is 5.77. The Labute approximate surface area is 229 Å². The Kier molecular flexibility index (Phi) is 7.33. The zero-order valence-electron chi connectivity index (χ0n) is 22.7. The number of phenols is 1. The molecule has 3 aromatic rings. The van der Waals surface area contributed by atoms with Crippen LogP contribution in [0.15, 0.2) is 84.1 Å². The van der Waals surface area contributed by atoms with Crippen LogP contribution < -0.4 is 20.3 Å². The zero-order valence-corrected chi connectivity index (χ0v) is 22.7. The van der Waals surface area contributed by atoms with Crippen LogP contribution in [0.25, 0.3) is 0 Å². The first-order chi connectivity index (χ1) is 18.7. The van der Waals surface area contributed by atoms with Crippen LogP contribution in [0.5, 0.6) is 11.5 Å². The number of anilines is 2. The first-order valence-corrected chi connectivity index (χ1v) is 13.3. The number of hydrogen-bond donors (Lipinski definition) is 3. The predicted octanol–water partition coefficient (Wildman–Crippen LogP) is 5.38. The Morgan fingerprint density at radius 3 is 2.62 bits per heavy atom. The highest BCUT2D eigenvalue weighted by molar-refractivity contribution is 6.02. The van der Waals surface area contributed by atoms with Crippen molar-refractivity contribution in [3.8, 4) is 11.5 Å². The molecule has 2 aliphatic rings. The number of carbonyl (C=O) groups is 2. The molecule has 0 fully saturated rings. The summed E-state index contributed by atoms with van der Waals surface area (Å²) in [6, 6.07) is 22.2. The fraction of sp³-hybridized carbons (Fsp3) is 0.312. The molecule has 3 aromatic carbocycles. The van der Waals surface area contributed by atoms with Crippen molar-refractivity contribution in [2.75, 3.05) is 30.4 Å². The standard InChI is InChI=1S/C32H35N3O4/c1-32(2)18-26-30(28(37)19-32)31(22-7-6-8-24(17-22)39-3)35(27-10-5-4-9-25(27)34-26)20-29(38)33-16-15-21-11-13-23(36)14-12-21/h4-14,17,31,34,36H,15-16,18-20H2,1-3H3,(H,33,38). The number of nitrogens with one attached hydrogen (secondary N) is 2. The van der Waals surface area contributed by atoms with E-state index in [0.717, 1.165) is 34.6 Å². The van der Waals surface area contributed by atoms with Gasteiger partial charge in [0.05, 0.1) is 31.1 Å². The highest BCUT2D eigenvalue weighted by Gasteiger charge is 2.42. The first kappa shape index (κ1) is 26.4. The fourth-order valence-corrected chi connectivity index (χ4v) is 5.60. The van der Waals surface area contributed by atoms with Gasteiger partial charge in [0.2, 0.25) is 5.91 Å². The smallest absolute Gasteiger partial charge is 0.239 e. The molecule has 0 bridgehead atoms. The summed E-state index contributed by atoms with van der Waals surface area (Å²) < 4.78 is 5.53. The van der Waals surface area contributed by atoms with Crippen LogP contribution in [0, 0.1) is 5.41 Å². The van der Waals surface area contributed by atoms with E-state index in [0.29, 0.717) is 30.7 Å². The van der Waals surface area contributed by atoms with Gasteiger partial charge < -0.3 is 25.4 Å². The molecule has 202 valence electrons. The number of ether oxygens (including phenoxy) is 1. The molecule has 0 saturated heterocycles. The highest BCUT2D eigenvalue weighted by atomic mass is 16.5. The molecule has 1 heterocycles. The van der Waals surface area contributed by atoms with Crippen molar-refractivity contribution < 1.29 is 19.4 Å². The number of amides is 1. The van der Waals surface area contributed by atoms with Crippen LogP contribution in [0.1, 0.15) is 43.9 Å². The second-order valence-corrected chi connectivity index (χ2v) is 11.0.